The standard InChI is InChI=1S/C18H30N6O3/c1-2-3-4-9-21-15(12-25)17(27)23-11-16(26)22-10-13-5-7-14(8-6-13)24-18(19)20/h5-8,15,21,25H,2-4,9-12H2,1H3,(H,22,26)(H,23,27)(H4,19,20,24)/t15-/m1/s1. The molecule has 1 atom stereocenters. The lowest BCUT2D eigenvalue weighted by molar-refractivity contribution is -0.128. The zero-order chi connectivity index (χ0) is 20.1. The van der Waals surface area contributed by atoms with Crippen molar-refractivity contribution in [2.45, 2.75) is 38.8 Å². The highest BCUT2D eigenvalue weighted by Gasteiger charge is 2.17. The second kappa shape index (κ2) is 12.7. The molecule has 1 rings (SSSR count). The summed E-state index contributed by atoms with van der Waals surface area (Å²) in [7, 11) is 0. The minimum atomic E-state index is -0.710. The first-order valence-electron chi connectivity index (χ1n) is 9.03. The van der Waals surface area contributed by atoms with Gasteiger partial charge in [0.15, 0.2) is 5.96 Å². The number of nitrogens with zero attached hydrogens (tertiary/aromatic N) is 1. The molecule has 150 valence electrons. The second-order valence-corrected chi connectivity index (χ2v) is 6.09. The largest absolute Gasteiger partial charge is 0.394 e. The van der Waals surface area contributed by atoms with Crippen LogP contribution in [0.4, 0.5) is 5.69 Å². The molecule has 2 amide bonds. The SMILES string of the molecule is CCCCCN[C@H](CO)C(=O)NCC(=O)NCc1ccc(N=C(N)N)cc1. The van der Waals surface area contributed by atoms with E-state index >= 15 is 0 Å². The van der Waals surface area contributed by atoms with Gasteiger partial charge in [0.1, 0.15) is 6.04 Å². The van der Waals surface area contributed by atoms with E-state index in [1.54, 1.807) is 24.3 Å². The van der Waals surface area contributed by atoms with E-state index in [0.717, 1.165) is 24.8 Å². The summed E-state index contributed by atoms with van der Waals surface area (Å²) < 4.78 is 0. The number of rotatable bonds is 12. The second-order valence-electron chi connectivity index (χ2n) is 6.09. The molecule has 0 fully saturated rings. The van der Waals surface area contributed by atoms with Crippen LogP contribution in [0.2, 0.25) is 0 Å². The van der Waals surface area contributed by atoms with Gasteiger partial charge in [-0.1, -0.05) is 31.9 Å². The third-order valence-corrected chi connectivity index (χ3v) is 3.78. The molecule has 0 spiro atoms. The number of aliphatic imine (C=N–C) groups is 1. The van der Waals surface area contributed by atoms with E-state index in [4.69, 9.17) is 11.5 Å². The molecule has 0 aliphatic carbocycles. The molecule has 8 N–H and O–H groups in total. The van der Waals surface area contributed by atoms with Gasteiger partial charge < -0.3 is 32.5 Å². The van der Waals surface area contributed by atoms with Crippen molar-refractivity contribution in [2.75, 3.05) is 19.7 Å². The molecule has 0 unspecified atom stereocenters. The third kappa shape index (κ3) is 9.57. The van der Waals surface area contributed by atoms with Gasteiger partial charge in [0.25, 0.3) is 0 Å². The number of nitrogens with one attached hydrogen (secondary N) is 3. The number of hydrogen-bond donors (Lipinski definition) is 6. The van der Waals surface area contributed by atoms with Crippen LogP contribution >= 0.6 is 0 Å². The van der Waals surface area contributed by atoms with Crippen molar-refractivity contribution in [3.63, 3.8) is 0 Å². The number of carbonyl (C=O) groups excluding carboxylic acids is 2. The Morgan fingerprint density at radius 1 is 1.15 bits per heavy atom. The fourth-order valence-corrected chi connectivity index (χ4v) is 2.28. The van der Waals surface area contributed by atoms with Gasteiger partial charge in [-0.3, -0.25) is 9.59 Å². The van der Waals surface area contributed by atoms with Crippen LogP contribution in [0, 0.1) is 0 Å². The van der Waals surface area contributed by atoms with E-state index in [1.807, 2.05) is 0 Å². The van der Waals surface area contributed by atoms with E-state index in [2.05, 4.69) is 27.9 Å². The number of unbranched alkanes of at least 4 members (excludes halogenated alkanes) is 2. The predicted octanol–water partition coefficient (Wildman–Crippen LogP) is -0.535. The van der Waals surface area contributed by atoms with Gasteiger partial charge >= 0.3 is 0 Å². The molecule has 0 aliphatic rings. The fraction of sp³-hybridized carbons (Fsp3) is 0.500. The van der Waals surface area contributed by atoms with Crippen LogP contribution in [0.15, 0.2) is 29.3 Å². The van der Waals surface area contributed by atoms with Gasteiger partial charge in [0.2, 0.25) is 11.8 Å². The Bertz CT molecular complexity index is 614. The molecule has 0 radical (unpaired) electrons. The summed E-state index contributed by atoms with van der Waals surface area (Å²) in [6.45, 7) is 2.58. The van der Waals surface area contributed by atoms with Gasteiger partial charge in [-0.2, -0.15) is 0 Å². The summed E-state index contributed by atoms with van der Waals surface area (Å²) in [5.41, 5.74) is 12.1. The van der Waals surface area contributed by atoms with Crippen molar-refractivity contribution < 1.29 is 14.7 Å². The first kappa shape index (κ1) is 22.4. The van der Waals surface area contributed by atoms with Crippen molar-refractivity contribution in [1.29, 1.82) is 0 Å². The first-order chi connectivity index (χ1) is 13.0. The minimum absolute atomic E-state index is 0.0205. The lowest BCUT2D eigenvalue weighted by Crippen LogP contribution is -2.49. The maximum absolute atomic E-state index is 12.0. The molecule has 1 aromatic carbocycles. The average Bonchev–Trinajstić information content (AvgIpc) is 2.65. The zero-order valence-corrected chi connectivity index (χ0v) is 15.7. The molecule has 0 saturated heterocycles. The van der Waals surface area contributed by atoms with E-state index in [0.29, 0.717) is 18.8 Å². The summed E-state index contributed by atoms with van der Waals surface area (Å²) in [5.74, 6) is -0.738. The normalized spacial score (nSPS) is 11.5. The third-order valence-electron chi connectivity index (χ3n) is 3.78. The quantitative estimate of drug-likeness (QED) is 0.163. The maximum atomic E-state index is 12.0. The van der Waals surface area contributed by atoms with Crippen molar-refractivity contribution in [1.82, 2.24) is 16.0 Å². The minimum Gasteiger partial charge on any atom is -0.394 e. The fourth-order valence-electron chi connectivity index (χ4n) is 2.28. The van der Waals surface area contributed by atoms with Crippen LogP contribution in [0.1, 0.15) is 31.7 Å². The number of guanidine groups is 1. The van der Waals surface area contributed by atoms with Crippen molar-refractivity contribution in [3.8, 4) is 0 Å². The lowest BCUT2D eigenvalue weighted by Gasteiger charge is -2.16. The number of carbonyl (C=O) groups is 2. The van der Waals surface area contributed by atoms with E-state index in [-0.39, 0.29) is 25.0 Å². The molecule has 0 heterocycles. The molecular formula is C18H30N6O3. The first-order valence-corrected chi connectivity index (χ1v) is 9.03. The van der Waals surface area contributed by atoms with Crippen LogP contribution < -0.4 is 27.4 Å². The Labute approximate surface area is 159 Å². The molecule has 9 nitrogen and oxygen atoms in total. The number of hydrogen-bond acceptors (Lipinski definition) is 5. The molecule has 0 saturated carbocycles. The predicted molar refractivity (Wildman–Crippen MR) is 105 cm³/mol. The van der Waals surface area contributed by atoms with Crippen LogP contribution in [0.3, 0.4) is 0 Å². The summed E-state index contributed by atoms with van der Waals surface area (Å²) >= 11 is 0. The topological polar surface area (TPSA) is 155 Å². The summed E-state index contributed by atoms with van der Waals surface area (Å²) in [6.07, 6.45) is 3.07. The smallest absolute Gasteiger partial charge is 0.239 e. The monoisotopic (exact) mass is 378 g/mol. The molecule has 0 aliphatic heterocycles. The van der Waals surface area contributed by atoms with Gasteiger partial charge in [-0.15, -0.1) is 0 Å². The number of benzene rings is 1. The molecule has 0 aromatic heterocycles. The Morgan fingerprint density at radius 2 is 1.85 bits per heavy atom. The zero-order valence-electron chi connectivity index (χ0n) is 15.7. The highest BCUT2D eigenvalue weighted by atomic mass is 16.3. The van der Waals surface area contributed by atoms with E-state index < -0.39 is 11.9 Å². The van der Waals surface area contributed by atoms with Crippen LogP contribution in [-0.4, -0.2) is 48.6 Å². The van der Waals surface area contributed by atoms with Crippen LogP contribution in [-0.2, 0) is 16.1 Å². The van der Waals surface area contributed by atoms with Gasteiger partial charge in [0.05, 0.1) is 18.8 Å². The van der Waals surface area contributed by atoms with Crippen molar-refractivity contribution >= 4 is 23.5 Å². The summed E-state index contributed by atoms with van der Waals surface area (Å²) in [6, 6.07) is 6.35. The van der Waals surface area contributed by atoms with Gasteiger partial charge in [-0.05, 0) is 30.7 Å². The van der Waals surface area contributed by atoms with Gasteiger partial charge in [0, 0.05) is 6.54 Å². The summed E-state index contributed by atoms with van der Waals surface area (Å²) in [5, 5.41) is 17.5. The molecule has 1 aromatic rings. The number of nitrogens with two attached hydrogens (primary N) is 2. The number of aliphatic hydroxyl groups is 1. The van der Waals surface area contributed by atoms with E-state index in [9.17, 15) is 14.7 Å². The Balaban J connectivity index is 2.33. The highest BCUT2D eigenvalue weighted by Crippen LogP contribution is 2.12. The van der Waals surface area contributed by atoms with E-state index in [1.165, 1.54) is 0 Å². The Morgan fingerprint density at radius 3 is 2.44 bits per heavy atom. The van der Waals surface area contributed by atoms with Crippen LogP contribution in [0.5, 0.6) is 0 Å². The van der Waals surface area contributed by atoms with Gasteiger partial charge in [-0.25, -0.2) is 4.99 Å². The number of amides is 2. The molecule has 9 heteroatoms. The summed E-state index contributed by atoms with van der Waals surface area (Å²) in [4.78, 5) is 27.8. The molecule has 0 bridgehead atoms. The van der Waals surface area contributed by atoms with Crippen LogP contribution in [0.25, 0.3) is 0 Å². The maximum Gasteiger partial charge on any atom is 0.239 e. The Hall–Kier alpha value is -2.65. The molecule has 27 heavy (non-hydrogen) atoms. The molecular weight excluding hydrogens is 348 g/mol. The van der Waals surface area contributed by atoms with Crippen molar-refractivity contribution in [3.05, 3.63) is 29.8 Å². The average molecular weight is 378 g/mol. The Kier molecular flexibility index (Phi) is 10.5. The van der Waals surface area contributed by atoms with Crippen molar-refractivity contribution in [2.24, 2.45) is 16.5 Å². The number of aliphatic hydroxyl groups excluding tert-OH is 1. The highest BCUT2D eigenvalue weighted by molar-refractivity contribution is 5.87. The lowest BCUT2D eigenvalue weighted by atomic mass is 10.2.